The molecule has 9 heteroatoms. The Labute approximate surface area is 296 Å². The maximum Gasteiger partial charge on any atom is 0.410 e. The molecule has 5 rings (SSSR count). The second kappa shape index (κ2) is 16.7. The lowest BCUT2D eigenvalue weighted by Gasteiger charge is -2.26. The summed E-state index contributed by atoms with van der Waals surface area (Å²) in [7, 11) is 3.37. The Balaban J connectivity index is 1.38. The maximum atomic E-state index is 12.9. The summed E-state index contributed by atoms with van der Waals surface area (Å²) in [6, 6.07) is 25.2. The van der Waals surface area contributed by atoms with Crippen LogP contribution in [0.4, 0.5) is 4.79 Å². The van der Waals surface area contributed by atoms with Gasteiger partial charge in [0.05, 0.1) is 18.3 Å². The van der Waals surface area contributed by atoms with Gasteiger partial charge in [0.1, 0.15) is 18.0 Å². The van der Waals surface area contributed by atoms with Gasteiger partial charge in [0.25, 0.3) is 0 Å². The van der Waals surface area contributed by atoms with Crippen molar-refractivity contribution in [2.75, 3.05) is 40.4 Å². The number of amides is 2. The molecule has 1 unspecified atom stereocenters. The first-order valence-corrected chi connectivity index (χ1v) is 17.5. The number of benzene rings is 3. The van der Waals surface area contributed by atoms with Crippen LogP contribution in [0.15, 0.2) is 91.1 Å². The summed E-state index contributed by atoms with van der Waals surface area (Å²) < 4.78 is 19.8. The van der Waals surface area contributed by atoms with Crippen molar-refractivity contribution in [2.24, 2.45) is 0 Å². The van der Waals surface area contributed by atoms with Gasteiger partial charge >= 0.3 is 6.09 Å². The number of rotatable bonds is 12. The van der Waals surface area contributed by atoms with Gasteiger partial charge in [-0.25, -0.2) is 9.48 Å². The van der Waals surface area contributed by atoms with E-state index in [1.54, 1.807) is 20.2 Å². The lowest BCUT2D eigenvalue weighted by Crippen LogP contribution is -2.39. The number of nitrogens with zero attached hydrogens (tertiary/aromatic N) is 4. The molecule has 1 aliphatic heterocycles. The number of carbonyl (C=O) groups is 2. The van der Waals surface area contributed by atoms with Crippen LogP contribution in [0.1, 0.15) is 76.3 Å². The topological polar surface area (TPSA) is 86.1 Å². The van der Waals surface area contributed by atoms with Crippen molar-refractivity contribution in [2.45, 2.75) is 65.2 Å². The van der Waals surface area contributed by atoms with Gasteiger partial charge in [-0.1, -0.05) is 61.5 Å². The lowest BCUT2D eigenvalue weighted by atomic mass is 9.88. The maximum absolute atomic E-state index is 12.9. The Bertz CT molecular complexity index is 1800. The fourth-order valence-corrected chi connectivity index (χ4v) is 6.04. The lowest BCUT2D eigenvalue weighted by molar-refractivity contribution is -0.123. The standard InChI is InChI=1S/C41H50N4O5/c1-7-35(30-14-9-8-10-15-30)39(32-20-23-36-33(28-32)29-42-45(36)38-17-11-12-26-49-38)31-18-21-34(22-19-31)48-27-25-44(40(47)50-41(2,3)4)24-13-16-37(46)43(5)6/h8-10,13-16,18-23,28-29,38H,7,11-12,17,24-27H2,1-6H3/b16-13+,39-35+. The highest BCUT2D eigenvalue weighted by atomic mass is 16.6. The Hall–Kier alpha value is -4.89. The average molecular weight is 679 g/mol. The summed E-state index contributed by atoms with van der Waals surface area (Å²) in [6.45, 7) is 9.21. The Morgan fingerprint density at radius 3 is 2.38 bits per heavy atom. The minimum atomic E-state index is -0.647. The zero-order valence-electron chi connectivity index (χ0n) is 30.2. The molecular weight excluding hydrogens is 628 g/mol. The van der Waals surface area contributed by atoms with E-state index in [4.69, 9.17) is 19.3 Å². The number of hydrogen-bond acceptors (Lipinski definition) is 6. The van der Waals surface area contributed by atoms with Crippen LogP contribution in [-0.4, -0.2) is 77.6 Å². The van der Waals surface area contributed by atoms with Crippen molar-refractivity contribution in [3.8, 4) is 5.75 Å². The smallest absolute Gasteiger partial charge is 0.410 e. The third-order valence-electron chi connectivity index (χ3n) is 8.54. The molecule has 0 spiro atoms. The quantitative estimate of drug-likeness (QED) is 0.111. The van der Waals surface area contributed by atoms with Gasteiger partial charge in [0.2, 0.25) is 5.91 Å². The van der Waals surface area contributed by atoms with E-state index in [-0.39, 0.29) is 31.8 Å². The first kappa shape index (κ1) is 36.4. The Kier molecular flexibility index (Phi) is 12.1. The van der Waals surface area contributed by atoms with Gasteiger partial charge in [0, 0.05) is 38.7 Å². The van der Waals surface area contributed by atoms with Crippen molar-refractivity contribution in [3.63, 3.8) is 0 Å². The number of hydrogen-bond donors (Lipinski definition) is 0. The van der Waals surface area contributed by atoms with Crippen LogP contribution in [0, 0.1) is 0 Å². The van der Waals surface area contributed by atoms with Crippen LogP contribution in [0.5, 0.6) is 5.75 Å². The van der Waals surface area contributed by atoms with Crippen molar-refractivity contribution in [1.29, 1.82) is 0 Å². The summed E-state index contributed by atoms with van der Waals surface area (Å²) in [4.78, 5) is 28.0. The molecule has 1 saturated heterocycles. The van der Waals surface area contributed by atoms with E-state index in [9.17, 15) is 9.59 Å². The summed E-state index contributed by atoms with van der Waals surface area (Å²) >= 11 is 0. The van der Waals surface area contributed by atoms with Crippen molar-refractivity contribution in [3.05, 3.63) is 108 Å². The van der Waals surface area contributed by atoms with E-state index in [1.165, 1.54) is 27.0 Å². The number of aromatic nitrogens is 2. The molecular formula is C41H50N4O5. The molecule has 0 aliphatic carbocycles. The number of fused-ring (bicyclic) bond motifs is 1. The van der Waals surface area contributed by atoms with E-state index in [0.29, 0.717) is 5.75 Å². The zero-order valence-corrected chi connectivity index (χ0v) is 30.2. The molecule has 9 nitrogen and oxygen atoms in total. The number of ether oxygens (including phenoxy) is 3. The second-order valence-corrected chi connectivity index (χ2v) is 13.7. The SMILES string of the molecule is CC/C(=C(/c1ccc(OCCN(C/C=C/C(=O)N(C)C)C(=O)OC(C)(C)C)cc1)c1ccc2c(cnn2C2CCCCO2)c1)c1ccccc1. The first-order valence-electron chi connectivity index (χ1n) is 17.5. The molecule has 2 amide bonds. The fourth-order valence-electron chi connectivity index (χ4n) is 6.04. The Morgan fingerprint density at radius 1 is 0.980 bits per heavy atom. The molecule has 1 aromatic heterocycles. The van der Waals surface area contributed by atoms with Gasteiger partial charge in [-0.2, -0.15) is 5.10 Å². The predicted octanol–water partition coefficient (Wildman–Crippen LogP) is 8.36. The second-order valence-electron chi connectivity index (χ2n) is 13.7. The van der Waals surface area contributed by atoms with Crippen molar-refractivity contribution >= 4 is 34.0 Å². The van der Waals surface area contributed by atoms with Crippen LogP contribution in [0.2, 0.25) is 0 Å². The van der Waals surface area contributed by atoms with Crippen LogP contribution >= 0.6 is 0 Å². The molecule has 264 valence electrons. The molecule has 4 aromatic rings. The van der Waals surface area contributed by atoms with Crippen LogP contribution in [0.3, 0.4) is 0 Å². The zero-order chi connectivity index (χ0) is 35.7. The van der Waals surface area contributed by atoms with E-state index >= 15 is 0 Å². The largest absolute Gasteiger partial charge is 0.492 e. The highest BCUT2D eigenvalue weighted by molar-refractivity contribution is 6.00. The van der Waals surface area contributed by atoms with Gasteiger partial charge in [-0.05, 0) is 98.6 Å². The van der Waals surface area contributed by atoms with E-state index in [2.05, 4.69) is 61.5 Å². The molecule has 1 aliphatic rings. The normalized spacial score (nSPS) is 15.5. The minimum absolute atomic E-state index is 0.0230. The highest BCUT2D eigenvalue weighted by Gasteiger charge is 2.22. The average Bonchev–Trinajstić information content (AvgIpc) is 3.53. The van der Waals surface area contributed by atoms with E-state index in [0.717, 1.165) is 59.9 Å². The molecule has 0 saturated carbocycles. The predicted molar refractivity (Wildman–Crippen MR) is 199 cm³/mol. The summed E-state index contributed by atoms with van der Waals surface area (Å²) in [5.74, 6) is 0.541. The van der Waals surface area contributed by atoms with Crippen LogP contribution in [-0.2, 0) is 14.3 Å². The van der Waals surface area contributed by atoms with Gasteiger partial charge in [-0.15, -0.1) is 0 Å². The molecule has 2 heterocycles. The van der Waals surface area contributed by atoms with Crippen molar-refractivity contribution < 1.29 is 23.8 Å². The van der Waals surface area contributed by atoms with Gasteiger partial charge in [0.15, 0.2) is 6.23 Å². The molecule has 1 fully saturated rings. The molecule has 3 aromatic carbocycles. The molecule has 50 heavy (non-hydrogen) atoms. The molecule has 0 radical (unpaired) electrons. The first-order chi connectivity index (χ1) is 24.0. The summed E-state index contributed by atoms with van der Waals surface area (Å²) in [5.41, 5.74) is 6.20. The van der Waals surface area contributed by atoms with Crippen LogP contribution < -0.4 is 4.74 Å². The number of allylic oxidation sites excluding steroid dienone is 1. The Morgan fingerprint density at radius 2 is 1.72 bits per heavy atom. The fraction of sp³-hybridized carbons (Fsp3) is 0.390. The summed E-state index contributed by atoms with van der Waals surface area (Å²) in [5, 5.41) is 5.81. The molecule has 1 atom stereocenters. The third-order valence-corrected chi connectivity index (χ3v) is 8.54. The monoisotopic (exact) mass is 678 g/mol. The van der Waals surface area contributed by atoms with E-state index < -0.39 is 11.7 Å². The highest BCUT2D eigenvalue weighted by Crippen LogP contribution is 2.37. The van der Waals surface area contributed by atoms with E-state index in [1.807, 2.05) is 49.8 Å². The van der Waals surface area contributed by atoms with Crippen molar-refractivity contribution in [1.82, 2.24) is 19.6 Å². The molecule has 0 N–H and O–H groups in total. The van der Waals surface area contributed by atoms with Gasteiger partial charge < -0.3 is 24.0 Å². The summed E-state index contributed by atoms with van der Waals surface area (Å²) in [6.07, 6.45) is 8.64. The molecule has 0 bridgehead atoms. The number of carbonyl (C=O) groups excluding carboxylic acids is 2. The number of likely N-dealkylation sites (N-methyl/N-ethyl adjacent to an activating group) is 1. The third kappa shape index (κ3) is 9.41. The minimum Gasteiger partial charge on any atom is -0.492 e. The van der Waals surface area contributed by atoms with Gasteiger partial charge in [-0.3, -0.25) is 4.79 Å². The van der Waals surface area contributed by atoms with Crippen LogP contribution in [0.25, 0.3) is 22.0 Å².